The first-order valence-electron chi connectivity index (χ1n) is 5.71. The molecule has 0 atom stereocenters. The van der Waals surface area contributed by atoms with Crippen LogP contribution in [0.4, 0.5) is 5.82 Å². The molecule has 0 N–H and O–H groups in total. The van der Waals surface area contributed by atoms with E-state index in [0.717, 1.165) is 31.0 Å². The molecule has 2 rings (SSSR count). The number of halogens is 1. The minimum Gasteiger partial charge on any atom is -0.385 e. The van der Waals surface area contributed by atoms with Crippen LogP contribution in [0, 0.1) is 6.92 Å². The van der Waals surface area contributed by atoms with E-state index < -0.39 is 0 Å². The van der Waals surface area contributed by atoms with Gasteiger partial charge in [-0.1, -0.05) is 11.6 Å². The maximum absolute atomic E-state index is 6.11. The molecule has 2 aromatic heterocycles. The molecular formula is C11H16ClN5O. The van der Waals surface area contributed by atoms with E-state index in [9.17, 15) is 0 Å². The second kappa shape index (κ2) is 5.49. The minimum atomic E-state index is 0.462. The predicted molar refractivity (Wildman–Crippen MR) is 70.3 cm³/mol. The molecule has 0 saturated carbocycles. The molecule has 0 amide bonds. The van der Waals surface area contributed by atoms with Gasteiger partial charge < -0.3 is 9.64 Å². The highest BCUT2D eigenvalue weighted by Crippen LogP contribution is 2.24. The highest BCUT2D eigenvalue weighted by molar-refractivity contribution is 6.30. The molecule has 0 bridgehead atoms. The molecular weight excluding hydrogens is 254 g/mol. The summed E-state index contributed by atoms with van der Waals surface area (Å²) < 4.78 is 6.76. The van der Waals surface area contributed by atoms with Gasteiger partial charge >= 0.3 is 0 Å². The average Bonchev–Trinajstić information content (AvgIpc) is 2.78. The molecule has 18 heavy (non-hydrogen) atoms. The Hall–Kier alpha value is -1.40. The minimum absolute atomic E-state index is 0.462. The first kappa shape index (κ1) is 13.0. The highest BCUT2D eigenvalue weighted by atomic mass is 35.5. The van der Waals surface area contributed by atoms with Crippen molar-refractivity contribution in [2.45, 2.75) is 13.3 Å². The van der Waals surface area contributed by atoms with E-state index in [1.54, 1.807) is 11.6 Å². The number of aromatic nitrogens is 4. The topological polar surface area (TPSA) is 55.5 Å². The van der Waals surface area contributed by atoms with Crippen molar-refractivity contribution in [3.63, 3.8) is 0 Å². The lowest BCUT2D eigenvalue weighted by molar-refractivity contribution is 0.196. The van der Waals surface area contributed by atoms with Gasteiger partial charge in [0.05, 0.1) is 0 Å². The Bertz CT molecular complexity index is 541. The molecule has 0 aliphatic rings. The fraction of sp³-hybridized carbons (Fsp3) is 0.545. The lowest BCUT2D eigenvalue weighted by Crippen LogP contribution is -2.24. The second-order valence-electron chi connectivity index (χ2n) is 4.09. The monoisotopic (exact) mass is 269 g/mol. The van der Waals surface area contributed by atoms with Crippen LogP contribution in [0.1, 0.15) is 12.0 Å². The molecule has 98 valence electrons. The summed E-state index contributed by atoms with van der Waals surface area (Å²) in [6, 6.07) is 0. The molecule has 6 nitrogen and oxygen atoms in total. The van der Waals surface area contributed by atoms with E-state index in [1.165, 1.54) is 6.33 Å². The van der Waals surface area contributed by atoms with Crippen molar-refractivity contribution in [2.24, 2.45) is 0 Å². The number of anilines is 1. The van der Waals surface area contributed by atoms with Crippen molar-refractivity contribution >= 4 is 23.2 Å². The van der Waals surface area contributed by atoms with Crippen molar-refractivity contribution in [3.8, 4) is 0 Å². The Labute approximate surface area is 111 Å². The maximum Gasteiger partial charge on any atom is 0.255 e. The lowest BCUT2D eigenvalue weighted by Gasteiger charge is -2.21. The average molecular weight is 270 g/mol. The van der Waals surface area contributed by atoms with Crippen molar-refractivity contribution in [2.75, 3.05) is 32.2 Å². The number of hydrogen-bond acceptors (Lipinski definition) is 5. The zero-order valence-corrected chi connectivity index (χ0v) is 11.5. The van der Waals surface area contributed by atoms with Crippen molar-refractivity contribution in [1.82, 2.24) is 19.6 Å². The molecule has 0 saturated heterocycles. The zero-order valence-electron chi connectivity index (χ0n) is 10.7. The molecule has 0 fully saturated rings. The van der Waals surface area contributed by atoms with Crippen LogP contribution in [0.25, 0.3) is 5.78 Å². The van der Waals surface area contributed by atoms with Crippen LogP contribution in [-0.2, 0) is 4.74 Å². The van der Waals surface area contributed by atoms with Crippen LogP contribution >= 0.6 is 11.6 Å². The fourth-order valence-corrected chi connectivity index (χ4v) is 2.04. The molecule has 0 radical (unpaired) electrons. The van der Waals surface area contributed by atoms with Gasteiger partial charge in [-0.2, -0.15) is 19.6 Å². The SMILES string of the molecule is COCCCN(C)c1c(C)c(Cl)nc2ncnn12. The molecule has 0 aliphatic carbocycles. The number of hydrogen-bond donors (Lipinski definition) is 0. The van der Waals surface area contributed by atoms with Gasteiger partial charge in [-0.3, -0.25) is 0 Å². The molecule has 0 spiro atoms. The summed E-state index contributed by atoms with van der Waals surface area (Å²) in [4.78, 5) is 10.3. The summed E-state index contributed by atoms with van der Waals surface area (Å²) in [6.45, 7) is 3.51. The van der Waals surface area contributed by atoms with Crippen LogP contribution in [0.5, 0.6) is 0 Å². The lowest BCUT2D eigenvalue weighted by atomic mass is 10.3. The summed E-state index contributed by atoms with van der Waals surface area (Å²) in [5.41, 5.74) is 0.898. The molecule has 2 aromatic rings. The largest absolute Gasteiger partial charge is 0.385 e. The van der Waals surface area contributed by atoms with Gasteiger partial charge in [0.2, 0.25) is 0 Å². The van der Waals surface area contributed by atoms with Gasteiger partial charge in [0, 0.05) is 32.9 Å². The van der Waals surface area contributed by atoms with Crippen molar-refractivity contribution < 1.29 is 4.74 Å². The number of rotatable bonds is 5. The van der Waals surface area contributed by atoms with Gasteiger partial charge in [-0.25, -0.2) is 0 Å². The molecule has 0 aromatic carbocycles. The van der Waals surface area contributed by atoms with Gasteiger partial charge in [-0.15, -0.1) is 0 Å². The van der Waals surface area contributed by atoms with E-state index in [2.05, 4.69) is 20.0 Å². The first-order chi connectivity index (χ1) is 8.65. The van der Waals surface area contributed by atoms with E-state index in [1.807, 2.05) is 14.0 Å². The van der Waals surface area contributed by atoms with Crippen LogP contribution in [0.15, 0.2) is 6.33 Å². The number of nitrogens with zero attached hydrogens (tertiary/aromatic N) is 5. The quantitative estimate of drug-likeness (QED) is 0.609. The Morgan fingerprint density at radius 3 is 3.00 bits per heavy atom. The number of methoxy groups -OCH3 is 1. The summed E-state index contributed by atoms with van der Waals surface area (Å²) >= 11 is 6.11. The normalized spacial score (nSPS) is 11.1. The zero-order chi connectivity index (χ0) is 13.1. The predicted octanol–water partition coefficient (Wildman–Crippen LogP) is 1.56. The van der Waals surface area contributed by atoms with Crippen molar-refractivity contribution in [1.29, 1.82) is 0 Å². The Morgan fingerprint density at radius 2 is 2.28 bits per heavy atom. The van der Waals surface area contributed by atoms with Crippen LogP contribution in [0.3, 0.4) is 0 Å². The van der Waals surface area contributed by atoms with Gasteiger partial charge in [0.1, 0.15) is 17.3 Å². The van der Waals surface area contributed by atoms with E-state index in [-0.39, 0.29) is 0 Å². The van der Waals surface area contributed by atoms with E-state index in [0.29, 0.717) is 10.9 Å². The van der Waals surface area contributed by atoms with Gasteiger partial charge in [0.25, 0.3) is 5.78 Å². The van der Waals surface area contributed by atoms with Gasteiger partial charge in [0.15, 0.2) is 0 Å². The maximum atomic E-state index is 6.11. The first-order valence-corrected chi connectivity index (χ1v) is 6.09. The third-order valence-electron chi connectivity index (χ3n) is 2.78. The fourth-order valence-electron chi connectivity index (χ4n) is 1.88. The Kier molecular flexibility index (Phi) is 3.98. The standard InChI is InChI=1S/C11H16ClN5O/c1-8-9(12)15-11-13-7-14-17(11)10(8)16(2)5-4-6-18-3/h7H,4-6H2,1-3H3. The Morgan fingerprint density at radius 1 is 1.50 bits per heavy atom. The van der Waals surface area contributed by atoms with E-state index >= 15 is 0 Å². The van der Waals surface area contributed by atoms with Crippen LogP contribution < -0.4 is 4.90 Å². The molecule has 2 heterocycles. The van der Waals surface area contributed by atoms with Crippen LogP contribution in [0.2, 0.25) is 5.15 Å². The molecule has 0 aliphatic heterocycles. The highest BCUT2D eigenvalue weighted by Gasteiger charge is 2.15. The van der Waals surface area contributed by atoms with E-state index in [4.69, 9.17) is 16.3 Å². The molecule has 0 unspecified atom stereocenters. The third kappa shape index (κ3) is 2.39. The summed E-state index contributed by atoms with van der Waals surface area (Å²) in [6.07, 6.45) is 2.41. The summed E-state index contributed by atoms with van der Waals surface area (Å²) in [5.74, 6) is 1.43. The van der Waals surface area contributed by atoms with Crippen molar-refractivity contribution in [3.05, 3.63) is 17.0 Å². The number of fused-ring (bicyclic) bond motifs is 1. The molecule has 7 heteroatoms. The Balaban J connectivity index is 2.35. The summed E-state index contributed by atoms with van der Waals surface area (Å²) in [5, 5.41) is 4.64. The number of ether oxygens (including phenoxy) is 1. The smallest absolute Gasteiger partial charge is 0.255 e. The van der Waals surface area contributed by atoms with Crippen LogP contribution in [-0.4, -0.2) is 46.9 Å². The third-order valence-corrected chi connectivity index (χ3v) is 3.14. The van der Waals surface area contributed by atoms with Gasteiger partial charge in [-0.05, 0) is 13.3 Å². The summed E-state index contributed by atoms with van der Waals surface area (Å²) in [7, 11) is 3.69. The second-order valence-corrected chi connectivity index (χ2v) is 4.45.